The van der Waals surface area contributed by atoms with Crippen LogP contribution in [0.2, 0.25) is 0 Å². The summed E-state index contributed by atoms with van der Waals surface area (Å²) < 4.78 is 14.6. The molecule has 0 bridgehead atoms. The van der Waals surface area contributed by atoms with E-state index in [4.69, 9.17) is 14.5 Å². The summed E-state index contributed by atoms with van der Waals surface area (Å²) in [6.07, 6.45) is 16.5. The average molecular weight is 1720 g/mol. The zero-order valence-corrected chi connectivity index (χ0v) is 80.3. The number of aliphatic hydroxyl groups excluding tert-OH is 1. The Hall–Kier alpha value is -10.6. The summed E-state index contributed by atoms with van der Waals surface area (Å²) in [4.78, 5) is 58.9. The van der Waals surface area contributed by atoms with E-state index in [-0.39, 0.29) is 95.2 Å². The van der Waals surface area contributed by atoms with E-state index in [1.54, 1.807) is 35.3 Å². The molecule has 2 saturated carbocycles. The molecule has 126 heavy (non-hydrogen) atoms. The van der Waals surface area contributed by atoms with Crippen molar-refractivity contribution in [3.63, 3.8) is 0 Å². The Morgan fingerprint density at radius 3 is 1.55 bits per heavy atom. The van der Waals surface area contributed by atoms with Crippen molar-refractivity contribution >= 4 is 135 Å². The van der Waals surface area contributed by atoms with E-state index < -0.39 is 11.4 Å². The summed E-state index contributed by atoms with van der Waals surface area (Å²) in [6.45, 7) is 48.2. The molecule has 0 saturated heterocycles. The molecule has 16 heteroatoms. The van der Waals surface area contributed by atoms with Crippen molar-refractivity contribution in [2.45, 2.75) is 237 Å². The molecule has 0 radical (unpaired) electrons. The summed E-state index contributed by atoms with van der Waals surface area (Å²) in [5.41, 5.74) is 7.85. The third-order valence-electron chi connectivity index (χ3n) is 28.5. The van der Waals surface area contributed by atoms with Crippen LogP contribution < -0.4 is 65.4 Å². The lowest BCUT2D eigenvalue weighted by atomic mass is 9.68. The fourth-order valence-corrected chi connectivity index (χ4v) is 23.5. The maximum Gasteiger partial charge on any atom is 0.238 e. The minimum atomic E-state index is -0.790. The van der Waals surface area contributed by atoms with Gasteiger partial charge in [0.1, 0.15) is 30.0 Å². The lowest BCUT2D eigenvalue weighted by molar-refractivity contribution is -0.300. The number of hydrogen-bond acceptors (Lipinski definition) is 14. The lowest BCUT2D eigenvalue weighted by Gasteiger charge is -2.58. The van der Waals surface area contributed by atoms with Crippen LogP contribution in [0.4, 0.5) is 22.7 Å². The van der Waals surface area contributed by atoms with E-state index in [0.717, 1.165) is 145 Å². The molecule has 1 aromatic heterocycles. The Labute approximate surface area is 752 Å². The monoisotopic (exact) mass is 1720 g/mol. The predicted octanol–water partition coefficient (Wildman–Crippen LogP) is 21.5. The van der Waals surface area contributed by atoms with Crippen molar-refractivity contribution < 1.29 is 39.2 Å². The number of nitrogens with zero attached hydrogens (tertiary/aromatic N) is 5. The standard InChI is InChI=1S/C48H58N4O2.C32H42O2S2.C30H24N2O4/c1-45(2,3)31-21-25-47(26-22-31)49(7)35-15-11-13-29-17-19-33(41(37(29)35)51(47)9)39-43(53)40(44(39)54)34-20-18-30-14-12-16-36-38(30)42(34)52(10)48(50(36)8)27-23-32(24-28-48)46(4,5)6;1-29(2,3)23-15-19(16-24(35-23)30(4,5)6)13-21-27(33)22(28(21)34)14-20-17-25(31(7,8)9)36-26(18-20)32(10,11)12;1-29(2)31-25-17(13-11-15-7-5-9-19(35-29)21(15)25)23-27(33)24(28(23)34)18-14-12-16-8-6-10-20-22(16)26(18)32-30(3,4)36-20/h11-20,31-32H,21-28H2,1-10H3;13-18H,1-12H3;5-14,31,33H,1-4H3/b;;24-18+. The number of benzene rings is 8. The molecule has 19 rings (SSSR count). The first-order valence-electron chi connectivity index (χ1n) is 45.1. The van der Waals surface area contributed by atoms with Gasteiger partial charge in [-0.2, -0.15) is 0 Å². The van der Waals surface area contributed by atoms with Gasteiger partial charge in [0.15, 0.2) is 23.0 Å². The Morgan fingerprint density at radius 2 is 1.02 bits per heavy atom. The van der Waals surface area contributed by atoms with Gasteiger partial charge in [0.25, 0.3) is 0 Å². The Kier molecular flexibility index (Phi) is 20.9. The summed E-state index contributed by atoms with van der Waals surface area (Å²) >= 11 is 3.61. The van der Waals surface area contributed by atoms with E-state index in [9.17, 15) is 29.7 Å². The zero-order valence-electron chi connectivity index (χ0n) is 78.7. The highest BCUT2D eigenvalue weighted by Gasteiger charge is 2.54. The van der Waals surface area contributed by atoms with Gasteiger partial charge < -0.3 is 44.8 Å². The molecule has 5 aliphatic heterocycles. The maximum absolute atomic E-state index is 14.8. The summed E-state index contributed by atoms with van der Waals surface area (Å²) in [6, 6.07) is 45.0. The molecule has 0 amide bonds. The molecule has 5 aliphatic carbocycles. The summed E-state index contributed by atoms with van der Waals surface area (Å²) in [7, 11) is 8.89. The van der Waals surface area contributed by atoms with Gasteiger partial charge in [0, 0.05) is 117 Å². The Bertz CT molecular complexity index is 6720. The molecule has 14 nitrogen and oxygen atoms in total. The van der Waals surface area contributed by atoms with Gasteiger partial charge in [0.05, 0.1) is 44.2 Å². The van der Waals surface area contributed by atoms with Crippen molar-refractivity contribution in [2.24, 2.45) is 38.5 Å². The second kappa shape index (κ2) is 30.0. The number of thioether (sulfide) groups is 1. The number of nitrogens with one attached hydrogen (secondary N) is 1. The zero-order chi connectivity index (χ0) is 90.7. The van der Waals surface area contributed by atoms with Gasteiger partial charge in [-0.3, -0.25) is 14.4 Å². The number of rotatable bonds is 4. The number of allylic oxidation sites excluding steroid dienone is 12. The average Bonchev–Trinajstić information content (AvgIpc) is 0.689. The SMILES string of the molecule is CC(C)(C)C1=CC(=CC2=C([O-])/C(=C/c3cc(C(C)(C)C)[s+]c(C(C)(C)C)c3)C2=O)C=C(C(C)(C)C)S1.CC1(C)N=c2/c(=C3/C(=O)C(c4ccc5cccc6c5c4NC(C)(C)O6)=C3O)ccc3cccc(c23)O1.CN1c2cccc3ccc(C4=C([O-])/C(=c5/ccc6cccc7c6c5=[N+](C)C5(CCC(C(C)(C)C)CC5)N7C)C4=O)c(c23)N(C)C12CCC(C(C)(C)C)CC2. The molecule has 2 N–H and O–H groups in total. The number of Topliss-reactive ketones (excluding diaryl/α,β-unsaturated/α-hetero) is 3. The maximum atomic E-state index is 14.8. The molecular weight excluding hydrogens is 1600 g/mol. The number of ether oxygens (including phenoxy) is 2. The van der Waals surface area contributed by atoms with Crippen LogP contribution in [0.3, 0.4) is 0 Å². The number of ketones is 3. The van der Waals surface area contributed by atoms with Crippen molar-refractivity contribution in [1.82, 2.24) is 4.58 Å². The van der Waals surface area contributed by atoms with Crippen molar-refractivity contribution in [1.29, 1.82) is 0 Å². The van der Waals surface area contributed by atoms with Crippen LogP contribution in [0, 0.1) is 33.5 Å². The number of carbonyl (C=O) groups is 3. The summed E-state index contributed by atoms with van der Waals surface area (Å²) in [5, 5.41) is 54.1. The summed E-state index contributed by atoms with van der Waals surface area (Å²) in [5.74, 6) is 1.98. The van der Waals surface area contributed by atoms with E-state index >= 15 is 0 Å². The van der Waals surface area contributed by atoms with Crippen LogP contribution in [-0.4, -0.2) is 73.4 Å². The van der Waals surface area contributed by atoms with Gasteiger partial charge in [-0.1, -0.05) is 239 Å². The van der Waals surface area contributed by atoms with Crippen LogP contribution in [0.15, 0.2) is 200 Å². The molecule has 0 unspecified atom stereocenters. The largest absolute Gasteiger partial charge is 0.871 e. The Morgan fingerprint density at radius 1 is 0.524 bits per heavy atom. The molecule has 2 spiro atoms. The van der Waals surface area contributed by atoms with E-state index in [2.05, 4.69) is 250 Å². The topological polar surface area (TPSA) is 173 Å². The normalized spacial score (nSPS) is 23.3. The molecule has 8 aromatic carbocycles. The molecule has 9 aromatic rings. The molecule has 2 fully saturated rings. The smallest absolute Gasteiger partial charge is 0.238 e. The predicted molar refractivity (Wildman–Crippen MR) is 520 cm³/mol. The second-order valence-electron chi connectivity index (χ2n) is 44.1. The van der Waals surface area contributed by atoms with Gasteiger partial charge in [-0.25, -0.2) is 9.57 Å². The third kappa shape index (κ3) is 14.6. The first-order chi connectivity index (χ1) is 58.8. The molecule has 10 aliphatic rings. The van der Waals surface area contributed by atoms with Crippen LogP contribution in [0.5, 0.6) is 11.5 Å². The van der Waals surface area contributed by atoms with Gasteiger partial charge in [0.2, 0.25) is 37.9 Å². The van der Waals surface area contributed by atoms with Crippen LogP contribution >= 0.6 is 23.1 Å². The lowest BCUT2D eigenvalue weighted by Crippen LogP contribution is -2.66. The first-order valence-corrected chi connectivity index (χ1v) is 46.7. The first kappa shape index (κ1) is 87.5. The van der Waals surface area contributed by atoms with Crippen LogP contribution in [0.25, 0.3) is 71.5 Å². The molecule has 6 heterocycles. The van der Waals surface area contributed by atoms with Crippen molar-refractivity contribution in [3.8, 4) is 11.5 Å². The number of hydrogen-bond donors (Lipinski definition) is 2. The molecular formula is C110H124N6O8S2. The van der Waals surface area contributed by atoms with Gasteiger partial charge >= 0.3 is 0 Å². The molecule has 0 atom stereocenters. The van der Waals surface area contributed by atoms with Crippen molar-refractivity contribution in [2.75, 3.05) is 48.2 Å². The van der Waals surface area contributed by atoms with Gasteiger partial charge in [-0.05, 0) is 197 Å². The van der Waals surface area contributed by atoms with Gasteiger partial charge in [-0.15, -0.1) is 0 Å². The van der Waals surface area contributed by atoms with Crippen LogP contribution in [0.1, 0.15) is 230 Å². The minimum absolute atomic E-state index is 0.0122. The van der Waals surface area contributed by atoms with E-state index in [0.29, 0.717) is 44.7 Å². The molecule has 654 valence electrons. The van der Waals surface area contributed by atoms with Crippen LogP contribution in [-0.2, 0) is 25.2 Å². The number of carbonyl (C=O) groups excluding carboxylic acids is 3. The fourth-order valence-electron chi connectivity index (χ4n) is 21.1. The number of aliphatic hydroxyl groups is 1. The Balaban J connectivity index is 0.000000138. The highest BCUT2D eigenvalue weighted by molar-refractivity contribution is 8.06. The quantitative estimate of drug-likeness (QED) is 0.0969. The highest BCUT2D eigenvalue weighted by Crippen LogP contribution is 2.57. The fraction of sp³-hybridized carbons (Fsp3) is 0.418. The number of anilines is 4. The van der Waals surface area contributed by atoms with Crippen molar-refractivity contribution in [3.05, 3.63) is 243 Å². The minimum Gasteiger partial charge on any atom is -0.871 e. The second-order valence-corrected chi connectivity index (χ2v) is 46.2. The van der Waals surface area contributed by atoms with E-state index in [1.165, 1.54) is 30.9 Å². The highest BCUT2D eigenvalue weighted by atomic mass is 32.2. The van der Waals surface area contributed by atoms with E-state index in [1.807, 2.05) is 100 Å². The third-order valence-corrected chi connectivity index (χ3v) is 32.3.